The van der Waals surface area contributed by atoms with E-state index in [0.717, 1.165) is 26.9 Å². The van der Waals surface area contributed by atoms with Crippen LogP contribution in [0.4, 0.5) is 5.69 Å². The number of rotatable bonds is 4. The molecule has 0 amide bonds. The average Bonchev–Trinajstić information content (AvgIpc) is 2.56. The Morgan fingerprint density at radius 3 is 2.74 bits per heavy atom. The second-order valence-electron chi connectivity index (χ2n) is 5.26. The number of hydrogen-bond acceptors (Lipinski definition) is 4. The maximum Gasteiger partial charge on any atom is 0.338 e. The molecule has 0 aliphatic carbocycles. The van der Waals surface area contributed by atoms with E-state index in [4.69, 9.17) is 9.15 Å². The molecule has 1 heterocycles. The van der Waals surface area contributed by atoms with Crippen molar-refractivity contribution in [3.8, 4) is 5.75 Å². The van der Waals surface area contributed by atoms with Crippen molar-refractivity contribution in [2.24, 2.45) is 0 Å². The summed E-state index contributed by atoms with van der Waals surface area (Å²) in [6.07, 6.45) is 0. The molecule has 0 aliphatic heterocycles. The van der Waals surface area contributed by atoms with Gasteiger partial charge in [-0.2, -0.15) is 0 Å². The van der Waals surface area contributed by atoms with Gasteiger partial charge in [-0.15, -0.1) is 0 Å². The van der Waals surface area contributed by atoms with Crippen molar-refractivity contribution in [1.29, 1.82) is 0 Å². The molecular weight excluding hydrogens is 358 g/mol. The van der Waals surface area contributed by atoms with E-state index in [0.29, 0.717) is 12.1 Å². The van der Waals surface area contributed by atoms with E-state index in [9.17, 15) is 4.79 Å². The number of halogens is 1. The normalized spacial score (nSPS) is 10.7. The highest BCUT2D eigenvalue weighted by Crippen LogP contribution is 2.28. The second kappa shape index (κ2) is 6.46. The molecule has 2 aromatic carbocycles. The van der Waals surface area contributed by atoms with Crippen LogP contribution in [0.25, 0.3) is 11.0 Å². The van der Waals surface area contributed by atoms with Crippen LogP contribution in [-0.4, -0.2) is 14.2 Å². The van der Waals surface area contributed by atoms with Crippen molar-refractivity contribution in [2.75, 3.05) is 19.1 Å². The van der Waals surface area contributed by atoms with Gasteiger partial charge in [0.1, 0.15) is 11.3 Å². The van der Waals surface area contributed by atoms with Crippen LogP contribution in [0.15, 0.2) is 62.2 Å². The molecule has 0 spiro atoms. The first-order chi connectivity index (χ1) is 11.1. The summed E-state index contributed by atoms with van der Waals surface area (Å²) in [5, 5.41) is 0.911. The maximum atomic E-state index is 11.8. The van der Waals surface area contributed by atoms with E-state index in [1.165, 1.54) is 6.07 Å². The minimum Gasteiger partial charge on any atom is -0.497 e. The summed E-state index contributed by atoms with van der Waals surface area (Å²) in [6, 6.07) is 14.9. The van der Waals surface area contributed by atoms with Crippen LogP contribution in [0.5, 0.6) is 5.75 Å². The Labute approximate surface area is 142 Å². The van der Waals surface area contributed by atoms with Crippen LogP contribution < -0.4 is 15.3 Å². The summed E-state index contributed by atoms with van der Waals surface area (Å²) in [7, 11) is 3.60. The second-order valence-corrected chi connectivity index (χ2v) is 6.11. The molecule has 0 saturated heterocycles. The first kappa shape index (κ1) is 15.6. The quantitative estimate of drug-likeness (QED) is 0.642. The third-order valence-electron chi connectivity index (χ3n) is 3.70. The van der Waals surface area contributed by atoms with Gasteiger partial charge in [-0.3, -0.25) is 0 Å². The molecule has 1 aromatic heterocycles. The summed E-state index contributed by atoms with van der Waals surface area (Å²) in [5.41, 5.74) is 2.15. The summed E-state index contributed by atoms with van der Waals surface area (Å²) in [4.78, 5) is 13.8. The van der Waals surface area contributed by atoms with Gasteiger partial charge in [0.15, 0.2) is 0 Å². The Bertz CT molecular complexity index is 904. The van der Waals surface area contributed by atoms with Gasteiger partial charge in [-0.25, -0.2) is 4.79 Å². The highest BCUT2D eigenvalue weighted by atomic mass is 79.9. The number of methoxy groups -OCH3 is 1. The average molecular weight is 374 g/mol. The summed E-state index contributed by atoms with van der Waals surface area (Å²) in [5.74, 6) is 0.800. The Morgan fingerprint density at radius 1 is 1.17 bits per heavy atom. The van der Waals surface area contributed by atoms with Crippen LogP contribution >= 0.6 is 15.9 Å². The van der Waals surface area contributed by atoms with Gasteiger partial charge < -0.3 is 14.1 Å². The fourth-order valence-corrected chi connectivity index (χ4v) is 2.92. The third kappa shape index (κ3) is 3.24. The molecule has 23 heavy (non-hydrogen) atoms. The molecule has 0 aliphatic rings. The van der Waals surface area contributed by atoms with Crippen molar-refractivity contribution < 1.29 is 9.15 Å². The predicted octanol–water partition coefficient (Wildman–Crippen LogP) is 4.20. The van der Waals surface area contributed by atoms with Crippen LogP contribution in [0, 0.1) is 0 Å². The number of hydrogen-bond donors (Lipinski definition) is 0. The molecular formula is C18H16BrNO3. The van der Waals surface area contributed by atoms with Crippen LogP contribution in [-0.2, 0) is 6.54 Å². The van der Waals surface area contributed by atoms with E-state index in [1.807, 2.05) is 48.3 Å². The monoisotopic (exact) mass is 373 g/mol. The van der Waals surface area contributed by atoms with Gasteiger partial charge in [0.25, 0.3) is 0 Å². The van der Waals surface area contributed by atoms with Crippen molar-refractivity contribution in [1.82, 2.24) is 0 Å². The Hall–Kier alpha value is -2.27. The number of benzene rings is 2. The Balaban J connectivity index is 2.01. The topological polar surface area (TPSA) is 42.7 Å². The van der Waals surface area contributed by atoms with Gasteiger partial charge in [0.05, 0.1) is 12.8 Å². The lowest BCUT2D eigenvalue weighted by Gasteiger charge is -2.21. The first-order valence-corrected chi connectivity index (χ1v) is 7.94. The fraction of sp³-hybridized carbons (Fsp3) is 0.167. The molecule has 0 atom stereocenters. The van der Waals surface area contributed by atoms with Gasteiger partial charge >= 0.3 is 5.63 Å². The maximum absolute atomic E-state index is 11.8. The van der Waals surface area contributed by atoms with Gasteiger partial charge in [0, 0.05) is 29.5 Å². The highest BCUT2D eigenvalue weighted by molar-refractivity contribution is 9.10. The first-order valence-electron chi connectivity index (χ1n) is 7.15. The number of anilines is 1. The minimum atomic E-state index is -0.352. The Morgan fingerprint density at radius 2 is 1.96 bits per heavy atom. The van der Waals surface area contributed by atoms with Crippen LogP contribution in [0.2, 0.25) is 0 Å². The standard InChI is InChI=1S/C18H16BrNO3/c1-20(11-12-9-13(22-2)7-8-15(12)19)16-10-18(21)23-17-6-4-3-5-14(16)17/h3-10H,11H2,1-2H3. The molecule has 118 valence electrons. The van der Waals surface area contributed by atoms with E-state index >= 15 is 0 Å². The molecule has 0 saturated carbocycles. The van der Waals surface area contributed by atoms with Crippen molar-refractivity contribution in [3.05, 3.63) is 69.0 Å². The molecule has 0 fully saturated rings. The van der Waals surface area contributed by atoms with E-state index in [-0.39, 0.29) is 5.63 Å². The molecule has 3 aromatic rings. The predicted molar refractivity (Wildman–Crippen MR) is 95.3 cm³/mol. The molecule has 0 N–H and O–H groups in total. The van der Waals surface area contributed by atoms with Gasteiger partial charge in [-0.05, 0) is 35.9 Å². The molecule has 4 nitrogen and oxygen atoms in total. The zero-order chi connectivity index (χ0) is 16.4. The van der Waals surface area contributed by atoms with Crippen molar-refractivity contribution >= 4 is 32.6 Å². The largest absolute Gasteiger partial charge is 0.497 e. The van der Waals surface area contributed by atoms with Gasteiger partial charge in [-0.1, -0.05) is 28.1 Å². The number of fused-ring (bicyclic) bond motifs is 1. The fourth-order valence-electron chi connectivity index (χ4n) is 2.55. The molecule has 5 heteroatoms. The number of para-hydroxylation sites is 1. The van der Waals surface area contributed by atoms with Gasteiger partial charge in [0.2, 0.25) is 0 Å². The molecule has 3 rings (SSSR count). The van der Waals surface area contributed by atoms with E-state index < -0.39 is 0 Å². The zero-order valence-electron chi connectivity index (χ0n) is 12.9. The van der Waals surface area contributed by atoms with Crippen molar-refractivity contribution in [2.45, 2.75) is 6.54 Å². The molecule has 0 bridgehead atoms. The van der Waals surface area contributed by atoms with Crippen LogP contribution in [0.1, 0.15) is 5.56 Å². The van der Waals surface area contributed by atoms with E-state index in [2.05, 4.69) is 15.9 Å². The lowest BCUT2D eigenvalue weighted by molar-refractivity contribution is 0.414. The lowest BCUT2D eigenvalue weighted by Crippen LogP contribution is -2.18. The van der Waals surface area contributed by atoms with Crippen LogP contribution in [0.3, 0.4) is 0 Å². The minimum absolute atomic E-state index is 0.352. The van der Waals surface area contributed by atoms with Crippen molar-refractivity contribution in [3.63, 3.8) is 0 Å². The SMILES string of the molecule is COc1ccc(Br)c(CN(C)c2cc(=O)oc3ccccc23)c1. The smallest absolute Gasteiger partial charge is 0.338 e. The van der Waals surface area contributed by atoms with E-state index in [1.54, 1.807) is 13.2 Å². The highest BCUT2D eigenvalue weighted by Gasteiger charge is 2.12. The molecule has 0 unspecified atom stereocenters. The Kier molecular flexibility index (Phi) is 4.39. The lowest BCUT2D eigenvalue weighted by atomic mass is 10.1. The third-order valence-corrected chi connectivity index (χ3v) is 4.47. The summed E-state index contributed by atoms with van der Waals surface area (Å²) >= 11 is 3.56. The zero-order valence-corrected chi connectivity index (χ0v) is 14.5. The number of nitrogens with zero attached hydrogens (tertiary/aromatic N) is 1. The molecule has 0 radical (unpaired) electrons. The summed E-state index contributed by atoms with van der Waals surface area (Å²) in [6.45, 7) is 0.630. The number of ether oxygens (including phenoxy) is 1. The summed E-state index contributed by atoms with van der Waals surface area (Å²) < 4.78 is 11.5.